The largest absolute Gasteiger partial charge is 0.478 e. The van der Waals surface area contributed by atoms with Crippen LogP contribution in [0.2, 0.25) is 0 Å². The zero-order valence-electron chi connectivity index (χ0n) is 29.2. The number of nitrogens with one attached hydrogen (secondary N) is 2. The second-order valence-corrected chi connectivity index (χ2v) is 15.1. The van der Waals surface area contributed by atoms with Crippen molar-refractivity contribution in [2.45, 2.75) is 70.5 Å². The van der Waals surface area contributed by atoms with E-state index >= 15 is 0 Å². The molecule has 0 saturated carbocycles. The highest BCUT2D eigenvalue weighted by molar-refractivity contribution is 8.08. The van der Waals surface area contributed by atoms with Crippen molar-refractivity contribution < 1.29 is 49.3 Å². The molecule has 17 nitrogen and oxygen atoms in total. The number of oxime groups is 1. The number of quaternary nitrogens is 1. The van der Waals surface area contributed by atoms with Crippen molar-refractivity contribution in [3.05, 3.63) is 57.5 Å². The molecule has 0 bridgehead atoms. The summed E-state index contributed by atoms with van der Waals surface area (Å²) in [7, 11) is 0. The van der Waals surface area contributed by atoms with E-state index in [0.717, 1.165) is 16.7 Å². The van der Waals surface area contributed by atoms with Crippen LogP contribution in [-0.2, 0) is 35.4 Å². The van der Waals surface area contributed by atoms with Gasteiger partial charge in [0.1, 0.15) is 29.9 Å². The first-order chi connectivity index (χ1) is 24.4. The number of halogens is 1. The van der Waals surface area contributed by atoms with Crippen molar-refractivity contribution in [1.29, 1.82) is 0 Å². The summed E-state index contributed by atoms with van der Waals surface area (Å²) < 4.78 is 1.69. The number of aromatic nitrogens is 2. The standard InChI is InChI=1S/C32H42ClN9O8S2/c1-6-16(2)21(25(33)52-17(3)35)22(40-50-32(4,5)31(48)49)27(44)39-23-28(45)42-24(30(46)47)18(14-51-29(23)42)9-8-12-41-13-19(26(36)37-15-41)38-20(43)10-7-11-34/h8-9,13,15-16,23,29,36H,3,6-7,10-12,14,34-35H2,1-2,4-5H3,(H4,38,39,43,44,46,47,48,49)/p+2/b9-8+,25-21+,40-22-/t16?,23-,29?/m1/s1. The van der Waals surface area contributed by atoms with Crippen molar-refractivity contribution in [3.8, 4) is 0 Å². The van der Waals surface area contributed by atoms with Gasteiger partial charge in [-0.2, -0.15) is 0 Å². The van der Waals surface area contributed by atoms with E-state index in [9.17, 15) is 34.2 Å². The van der Waals surface area contributed by atoms with Gasteiger partial charge in [-0.3, -0.25) is 19.3 Å². The molecular formula is C32H44ClN9O8S2+2. The minimum atomic E-state index is -1.83. The van der Waals surface area contributed by atoms with Gasteiger partial charge in [0.25, 0.3) is 24.0 Å². The van der Waals surface area contributed by atoms with Crippen LogP contribution in [0.25, 0.3) is 0 Å². The summed E-state index contributed by atoms with van der Waals surface area (Å²) in [6.45, 7) is 10.6. The van der Waals surface area contributed by atoms with Gasteiger partial charge in [-0.05, 0) is 42.8 Å². The number of amides is 3. The second kappa shape index (κ2) is 18.3. The van der Waals surface area contributed by atoms with Gasteiger partial charge < -0.3 is 42.9 Å². The lowest BCUT2D eigenvalue weighted by atomic mass is 9.94. The minimum Gasteiger partial charge on any atom is -0.478 e. The van der Waals surface area contributed by atoms with Crippen LogP contribution >= 0.6 is 35.1 Å². The number of aliphatic carboxylic acids is 2. The molecule has 0 radical (unpaired) electrons. The summed E-state index contributed by atoms with van der Waals surface area (Å²) in [6, 6.07) is -1.15. The van der Waals surface area contributed by atoms with E-state index in [4.69, 9.17) is 27.9 Å². The number of nitrogen functional groups attached to an aromatic ring is 1. The van der Waals surface area contributed by atoms with Crippen molar-refractivity contribution in [2.75, 3.05) is 23.3 Å². The number of hydrogen-bond donors (Lipinski definition) is 7. The molecule has 1 aromatic heterocycles. The third-order valence-electron chi connectivity index (χ3n) is 7.85. The number of carboxylic acids is 2. The fraction of sp³-hybridized carbons (Fsp3) is 0.438. The van der Waals surface area contributed by atoms with E-state index in [-0.39, 0.29) is 56.8 Å². The fourth-order valence-electron chi connectivity index (χ4n) is 4.77. The van der Waals surface area contributed by atoms with Gasteiger partial charge in [-0.1, -0.05) is 55.0 Å². The van der Waals surface area contributed by atoms with Gasteiger partial charge in [0.15, 0.2) is 11.4 Å². The molecule has 3 amide bonds. The number of allylic oxidation sites excluding steroid dienone is 2. The summed E-state index contributed by atoms with van der Waals surface area (Å²) >= 11 is 8.69. The van der Waals surface area contributed by atoms with Gasteiger partial charge in [0, 0.05) is 24.2 Å². The van der Waals surface area contributed by atoms with Gasteiger partial charge in [0.2, 0.25) is 11.5 Å². The number of β-lactam (4-membered cyclic amide) rings is 1. The van der Waals surface area contributed by atoms with Crippen LogP contribution < -0.4 is 32.4 Å². The molecule has 3 heterocycles. The van der Waals surface area contributed by atoms with Crippen LogP contribution in [0.4, 0.5) is 11.5 Å². The third-order valence-corrected chi connectivity index (χ3v) is 10.3. The van der Waals surface area contributed by atoms with Crippen molar-refractivity contribution in [3.63, 3.8) is 0 Å². The average Bonchev–Trinajstić information content (AvgIpc) is 3.07. The second-order valence-electron chi connectivity index (χ2n) is 12.2. The van der Waals surface area contributed by atoms with E-state index < -0.39 is 46.7 Å². The summed E-state index contributed by atoms with van der Waals surface area (Å²) in [5, 5.41) is 28.3. The number of rotatable bonds is 18. The Morgan fingerprint density at radius 1 is 1.37 bits per heavy atom. The Morgan fingerprint density at radius 3 is 2.65 bits per heavy atom. The molecule has 0 aliphatic carbocycles. The number of carbonyl (C=O) groups excluding carboxylic acids is 3. The van der Waals surface area contributed by atoms with E-state index in [0.29, 0.717) is 30.6 Å². The molecule has 2 unspecified atom stereocenters. The highest BCUT2D eigenvalue weighted by atomic mass is 35.5. The van der Waals surface area contributed by atoms with Gasteiger partial charge in [-0.25, -0.2) is 14.2 Å². The molecule has 2 aliphatic rings. The molecule has 1 aromatic rings. The monoisotopic (exact) mass is 781 g/mol. The number of carboxylic acid groups (broad SMARTS) is 2. The first-order valence-electron chi connectivity index (χ1n) is 16.1. The molecule has 1 saturated heterocycles. The Kier molecular flexibility index (Phi) is 14.7. The van der Waals surface area contributed by atoms with Crippen LogP contribution in [0.5, 0.6) is 0 Å². The van der Waals surface area contributed by atoms with Crippen molar-refractivity contribution in [2.24, 2.45) is 16.8 Å². The predicted molar refractivity (Wildman–Crippen MR) is 197 cm³/mol. The average molecular weight is 782 g/mol. The van der Waals surface area contributed by atoms with Gasteiger partial charge in [0.05, 0.1) is 15.9 Å². The number of anilines is 2. The number of nitrogens with two attached hydrogens (primary N) is 2. The quantitative estimate of drug-likeness (QED) is 0.0477. The lowest BCUT2D eigenvalue weighted by molar-refractivity contribution is -0.689. The normalized spacial score (nSPS) is 18.6. The summed E-state index contributed by atoms with van der Waals surface area (Å²) in [4.78, 5) is 74.1. The zero-order chi connectivity index (χ0) is 38.9. The lowest BCUT2D eigenvalue weighted by Gasteiger charge is -2.49. The molecule has 3 rings (SSSR count). The van der Waals surface area contributed by atoms with E-state index in [1.807, 2.05) is 6.92 Å². The van der Waals surface area contributed by atoms with Crippen LogP contribution in [0.15, 0.2) is 62.6 Å². The molecule has 52 heavy (non-hydrogen) atoms. The van der Waals surface area contributed by atoms with Crippen LogP contribution in [0.1, 0.15) is 47.0 Å². The molecule has 282 valence electrons. The predicted octanol–water partition coefficient (Wildman–Crippen LogP) is 1.10. The maximum absolute atomic E-state index is 13.8. The molecule has 2 aliphatic heterocycles. The van der Waals surface area contributed by atoms with E-state index in [1.54, 1.807) is 29.8 Å². The maximum Gasteiger partial charge on any atom is 0.352 e. The van der Waals surface area contributed by atoms with Crippen molar-refractivity contribution in [1.82, 2.24) is 15.2 Å². The molecular weight excluding hydrogens is 738 g/mol. The Morgan fingerprint density at radius 2 is 2.06 bits per heavy atom. The number of fused-ring (bicyclic) bond motifs is 1. The molecule has 20 heteroatoms. The highest BCUT2D eigenvalue weighted by Gasteiger charge is 2.54. The summed E-state index contributed by atoms with van der Waals surface area (Å²) in [6.07, 6.45) is 7.71. The fourth-order valence-corrected chi connectivity index (χ4v) is 7.30. The first-order valence-corrected chi connectivity index (χ1v) is 18.3. The Bertz CT molecular complexity index is 1750. The molecule has 3 atom stereocenters. The molecule has 0 aromatic carbocycles. The first kappa shape index (κ1) is 41.8. The smallest absolute Gasteiger partial charge is 0.352 e. The lowest BCUT2D eigenvalue weighted by Crippen LogP contribution is -2.71. The topological polar surface area (TPSA) is 271 Å². The molecule has 11 N–H and O–H groups in total. The number of nitrogens with zero attached hydrogens (tertiary/aromatic N) is 4. The number of hydrogen-bond acceptors (Lipinski definition) is 12. The van der Waals surface area contributed by atoms with E-state index in [2.05, 4.69) is 33.1 Å². The number of carbonyl (C=O) groups is 5. The Labute approximate surface area is 313 Å². The zero-order valence-corrected chi connectivity index (χ0v) is 31.6. The van der Waals surface area contributed by atoms with Crippen LogP contribution in [0.3, 0.4) is 0 Å². The summed E-state index contributed by atoms with van der Waals surface area (Å²) in [5.41, 5.74) is 13.8. The van der Waals surface area contributed by atoms with Gasteiger partial charge in [-0.15, -0.1) is 11.8 Å². The maximum atomic E-state index is 13.8. The molecule has 0 spiro atoms. The van der Waals surface area contributed by atoms with Crippen molar-refractivity contribution >= 4 is 82.0 Å². The third kappa shape index (κ3) is 10.3. The van der Waals surface area contributed by atoms with Crippen LogP contribution in [0, 0.1) is 5.92 Å². The van der Waals surface area contributed by atoms with Gasteiger partial charge >= 0.3 is 11.9 Å². The Hall–Kier alpha value is -4.59. The highest BCUT2D eigenvalue weighted by Crippen LogP contribution is 2.41. The SMILES string of the molecule is C=C(N)S/C(Cl)=C(/C(=N/OC(C)(C)C(=O)O)C(=O)N[C@@H]1C(=O)N2C(C(=O)O)=C(/C=C/C[n+]3cnc(N)c(NC(=O)CCC[NH3+])c3)CSC12)C(C)CC. The van der Waals surface area contributed by atoms with Crippen LogP contribution in [-0.4, -0.2) is 84.8 Å². The number of thioether (sulfide) groups is 2. The van der Waals surface area contributed by atoms with E-state index in [1.165, 1.54) is 31.9 Å². The Balaban J connectivity index is 1.86. The molecule has 1 fully saturated rings. The minimum absolute atomic E-state index is 0.0484. The summed E-state index contributed by atoms with van der Waals surface area (Å²) in [5.74, 6) is -4.56.